The van der Waals surface area contributed by atoms with Gasteiger partial charge < -0.3 is 30.7 Å². The molecule has 9 nitrogen and oxygen atoms in total. The molecule has 2 amide bonds. The molecule has 1 aliphatic rings. The number of methoxy groups -OCH3 is 1. The van der Waals surface area contributed by atoms with Gasteiger partial charge in [0, 0.05) is 31.2 Å². The number of hydrogen-bond acceptors (Lipinski definition) is 5. The summed E-state index contributed by atoms with van der Waals surface area (Å²) in [6.45, 7) is 4.19. The van der Waals surface area contributed by atoms with Gasteiger partial charge in [-0.2, -0.15) is 0 Å². The fraction of sp³-hybridized carbons (Fsp3) is 0.526. The normalized spacial score (nSPS) is 15.1. The maximum Gasteiger partial charge on any atom is 0.409 e. The molecule has 1 aromatic rings. The van der Waals surface area contributed by atoms with Crippen molar-refractivity contribution in [3.05, 3.63) is 29.8 Å². The first-order valence-electron chi connectivity index (χ1n) is 9.44. The number of guanidine groups is 1. The highest BCUT2D eigenvalue weighted by atomic mass is 16.6. The second-order valence-electron chi connectivity index (χ2n) is 6.36. The molecule has 0 bridgehead atoms. The number of ether oxygens (including phenoxy) is 2. The van der Waals surface area contributed by atoms with Gasteiger partial charge in [-0.25, -0.2) is 4.79 Å². The Morgan fingerprint density at radius 1 is 1.25 bits per heavy atom. The van der Waals surface area contributed by atoms with Crippen LogP contribution in [0.4, 0.5) is 4.79 Å². The van der Waals surface area contributed by atoms with Crippen molar-refractivity contribution < 1.29 is 19.1 Å². The fourth-order valence-corrected chi connectivity index (χ4v) is 2.87. The predicted octanol–water partition coefficient (Wildman–Crippen LogP) is 0.950. The number of carbonyl (C=O) groups excluding carboxylic acids is 2. The molecule has 154 valence electrons. The van der Waals surface area contributed by atoms with Crippen LogP contribution in [-0.2, 0) is 4.74 Å². The van der Waals surface area contributed by atoms with Crippen LogP contribution in [0, 0.1) is 0 Å². The summed E-state index contributed by atoms with van der Waals surface area (Å²) in [7, 11) is 1.58. The van der Waals surface area contributed by atoms with E-state index in [0.717, 1.165) is 12.8 Å². The summed E-state index contributed by atoms with van der Waals surface area (Å²) in [4.78, 5) is 29.7. The highest BCUT2D eigenvalue weighted by Gasteiger charge is 2.23. The van der Waals surface area contributed by atoms with Gasteiger partial charge in [-0.1, -0.05) is 0 Å². The lowest BCUT2D eigenvalue weighted by Gasteiger charge is -2.31. The van der Waals surface area contributed by atoms with Gasteiger partial charge in [-0.3, -0.25) is 9.79 Å². The van der Waals surface area contributed by atoms with Gasteiger partial charge in [-0.15, -0.1) is 0 Å². The Morgan fingerprint density at radius 2 is 1.93 bits per heavy atom. The number of nitrogens with two attached hydrogens (primary N) is 1. The maximum absolute atomic E-state index is 12.0. The maximum atomic E-state index is 12.0. The second kappa shape index (κ2) is 11.0. The van der Waals surface area contributed by atoms with E-state index in [-0.39, 0.29) is 18.0 Å². The molecule has 1 aliphatic heterocycles. The summed E-state index contributed by atoms with van der Waals surface area (Å²) in [6.07, 6.45) is 1.29. The van der Waals surface area contributed by atoms with Crippen molar-refractivity contribution >= 4 is 18.0 Å². The number of amides is 2. The zero-order valence-corrected chi connectivity index (χ0v) is 16.4. The molecular formula is C19H29N5O4. The van der Waals surface area contributed by atoms with Crippen LogP contribution >= 0.6 is 0 Å². The van der Waals surface area contributed by atoms with E-state index in [1.54, 1.807) is 43.2 Å². The molecule has 28 heavy (non-hydrogen) atoms. The Kier molecular flexibility index (Phi) is 8.38. The van der Waals surface area contributed by atoms with Crippen LogP contribution in [0.1, 0.15) is 30.1 Å². The number of hydrogen-bond donors (Lipinski definition) is 3. The average molecular weight is 391 g/mol. The van der Waals surface area contributed by atoms with Crippen LogP contribution in [-0.4, -0.2) is 68.8 Å². The van der Waals surface area contributed by atoms with Crippen LogP contribution in [0.25, 0.3) is 0 Å². The van der Waals surface area contributed by atoms with Crippen LogP contribution in [0.3, 0.4) is 0 Å². The van der Waals surface area contributed by atoms with Gasteiger partial charge >= 0.3 is 6.09 Å². The molecule has 0 atom stereocenters. The molecular weight excluding hydrogens is 362 g/mol. The Hall–Kier alpha value is -2.97. The van der Waals surface area contributed by atoms with Crippen molar-refractivity contribution in [2.24, 2.45) is 10.7 Å². The molecule has 4 N–H and O–H groups in total. The molecule has 1 fully saturated rings. The second-order valence-corrected chi connectivity index (χ2v) is 6.36. The standard InChI is InChI=1S/C19H29N5O4/c1-3-28-19(26)24-12-8-15(9-13-24)23-18(20)22-11-10-21-17(25)14-4-6-16(27-2)7-5-14/h4-7,15H,3,8-13H2,1-2H3,(H,21,25)(H3,20,22,23). The first-order valence-corrected chi connectivity index (χ1v) is 9.44. The fourth-order valence-electron chi connectivity index (χ4n) is 2.87. The Labute approximate surface area is 165 Å². The van der Waals surface area contributed by atoms with Crippen molar-refractivity contribution in [1.82, 2.24) is 15.5 Å². The first kappa shape index (κ1) is 21.3. The van der Waals surface area contributed by atoms with Crippen molar-refractivity contribution in [1.29, 1.82) is 0 Å². The van der Waals surface area contributed by atoms with Gasteiger partial charge in [0.1, 0.15) is 5.75 Å². The number of likely N-dealkylation sites (tertiary alicyclic amines) is 1. The summed E-state index contributed by atoms with van der Waals surface area (Å²) in [5, 5.41) is 5.96. The number of rotatable bonds is 7. The van der Waals surface area contributed by atoms with Gasteiger partial charge in [-0.05, 0) is 44.0 Å². The zero-order valence-electron chi connectivity index (χ0n) is 16.4. The van der Waals surface area contributed by atoms with E-state index in [0.29, 0.717) is 50.1 Å². The monoisotopic (exact) mass is 391 g/mol. The lowest BCUT2D eigenvalue weighted by Crippen LogP contribution is -2.48. The minimum atomic E-state index is -0.268. The van der Waals surface area contributed by atoms with E-state index in [9.17, 15) is 9.59 Å². The summed E-state index contributed by atoms with van der Waals surface area (Å²) in [6, 6.07) is 7.06. The third kappa shape index (κ3) is 6.64. The Bertz CT molecular complexity index is 669. The predicted molar refractivity (Wildman–Crippen MR) is 107 cm³/mol. The molecule has 0 aromatic heterocycles. The molecule has 9 heteroatoms. The van der Waals surface area contributed by atoms with Crippen molar-refractivity contribution in [2.75, 3.05) is 39.9 Å². The quantitative estimate of drug-likeness (QED) is 0.362. The third-order valence-corrected chi connectivity index (χ3v) is 4.40. The van der Waals surface area contributed by atoms with Crippen LogP contribution < -0.4 is 21.1 Å². The molecule has 2 rings (SSSR count). The topological polar surface area (TPSA) is 118 Å². The van der Waals surface area contributed by atoms with E-state index in [1.165, 1.54) is 0 Å². The lowest BCUT2D eigenvalue weighted by molar-refractivity contribution is 0.0949. The number of carbonyl (C=O) groups is 2. The number of nitrogens with zero attached hydrogens (tertiary/aromatic N) is 2. The van der Waals surface area contributed by atoms with Gasteiger partial charge in [0.2, 0.25) is 0 Å². The zero-order chi connectivity index (χ0) is 20.4. The number of piperidine rings is 1. The summed E-state index contributed by atoms with van der Waals surface area (Å²) >= 11 is 0. The lowest BCUT2D eigenvalue weighted by atomic mass is 10.1. The Balaban J connectivity index is 1.66. The third-order valence-electron chi connectivity index (χ3n) is 4.40. The summed E-state index contributed by atoms with van der Waals surface area (Å²) < 4.78 is 10.1. The highest BCUT2D eigenvalue weighted by Crippen LogP contribution is 2.12. The van der Waals surface area contributed by atoms with E-state index < -0.39 is 0 Å². The molecule has 0 saturated carbocycles. The Morgan fingerprint density at radius 3 is 2.54 bits per heavy atom. The smallest absolute Gasteiger partial charge is 0.409 e. The van der Waals surface area contributed by atoms with Crippen molar-refractivity contribution in [3.8, 4) is 5.75 Å². The highest BCUT2D eigenvalue weighted by molar-refractivity contribution is 5.94. The van der Waals surface area contributed by atoms with Crippen LogP contribution in [0.2, 0.25) is 0 Å². The van der Waals surface area contributed by atoms with E-state index in [2.05, 4.69) is 15.6 Å². The van der Waals surface area contributed by atoms with E-state index in [1.807, 2.05) is 0 Å². The van der Waals surface area contributed by atoms with Gasteiger partial charge in [0.15, 0.2) is 5.96 Å². The number of nitrogens with one attached hydrogen (secondary N) is 2. The van der Waals surface area contributed by atoms with Gasteiger partial charge in [0.25, 0.3) is 5.91 Å². The van der Waals surface area contributed by atoms with E-state index >= 15 is 0 Å². The summed E-state index contributed by atoms with van der Waals surface area (Å²) in [5.41, 5.74) is 6.47. The number of benzene rings is 1. The van der Waals surface area contributed by atoms with E-state index in [4.69, 9.17) is 15.2 Å². The van der Waals surface area contributed by atoms with Crippen molar-refractivity contribution in [2.45, 2.75) is 25.8 Å². The van der Waals surface area contributed by atoms with Crippen LogP contribution in [0.5, 0.6) is 5.75 Å². The molecule has 0 radical (unpaired) electrons. The SMILES string of the molecule is CCOC(=O)N1CCC(NC(N)=NCCNC(=O)c2ccc(OC)cc2)CC1. The van der Waals surface area contributed by atoms with Crippen molar-refractivity contribution in [3.63, 3.8) is 0 Å². The molecule has 0 spiro atoms. The van der Waals surface area contributed by atoms with Crippen LogP contribution in [0.15, 0.2) is 29.3 Å². The molecule has 1 saturated heterocycles. The molecule has 0 unspecified atom stereocenters. The average Bonchev–Trinajstić information content (AvgIpc) is 2.72. The molecule has 0 aliphatic carbocycles. The first-order chi connectivity index (χ1) is 13.5. The minimum absolute atomic E-state index is 0.170. The molecule has 1 heterocycles. The summed E-state index contributed by atoms with van der Waals surface area (Å²) in [5.74, 6) is 0.872. The minimum Gasteiger partial charge on any atom is -0.497 e. The number of aliphatic imine (C=N–C) groups is 1. The largest absolute Gasteiger partial charge is 0.497 e. The molecule has 1 aromatic carbocycles. The van der Waals surface area contributed by atoms with Gasteiger partial charge in [0.05, 0.1) is 20.3 Å².